The van der Waals surface area contributed by atoms with Gasteiger partial charge in [0.25, 0.3) is 0 Å². The van der Waals surface area contributed by atoms with Gasteiger partial charge in [0, 0.05) is 12.8 Å². The van der Waals surface area contributed by atoms with Crippen LogP contribution >= 0.6 is 7.68 Å². The molecule has 0 aliphatic carbocycles. The molecule has 0 aromatic carbocycles. The zero-order valence-corrected chi connectivity index (χ0v) is 23.0. The predicted octanol–water partition coefficient (Wildman–Crippen LogP) is 9.74. The van der Waals surface area contributed by atoms with E-state index in [0.717, 1.165) is 19.3 Å². The first-order valence-electron chi connectivity index (χ1n) is 13.5. The molecule has 0 aromatic heterocycles. The van der Waals surface area contributed by atoms with Crippen molar-refractivity contribution in [3.8, 4) is 0 Å². The summed E-state index contributed by atoms with van der Waals surface area (Å²) in [5.74, 6) is 0. The molecule has 0 amide bonds. The molecule has 0 N–H and O–H groups in total. The number of allylic oxidation sites excluding steroid dienone is 3. The van der Waals surface area contributed by atoms with Gasteiger partial charge in [0.1, 0.15) is 0 Å². The lowest BCUT2D eigenvalue weighted by Crippen LogP contribution is -2.53. The van der Waals surface area contributed by atoms with Crippen LogP contribution in [-0.4, -0.2) is 30.9 Å². The zero-order chi connectivity index (χ0) is 24.1. The highest BCUT2D eigenvalue weighted by Gasteiger charge is 2.46. The van der Waals surface area contributed by atoms with Crippen molar-refractivity contribution in [3.63, 3.8) is 0 Å². The molecule has 0 saturated heterocycles. The van der Waals surface area contributed by atoms with Crippen LogP contribution in [0, 0.1) is 0 Å². The summed E-state index contributed by atoms with van der Waals surface area (Å²) < 4.78 is 24.4. The molecule has 0 radical (unpaired) electrons. The fourth-order valence-electron chi connectivity index (χ4n) is 4.68. The molecule has 1 atom stereocenters. The van der Waals surface area contributed by atoms with E-state index in [1.165, 1.54) is 96.3 Å². The van der Waals surface area contributed by atoms with Crippen LogP contribution in [0.4, 0.5) is 0 Å². The lowest BCUT2D eigenvalue weighted by molar-refractivity contribution is -0.908. The van der Waals surface area contributed by atoms with Gasteiger partial charge in [-0.05, 0) is 44.9 Å². The smallest absolute Gasteiger partial charge is 0.314 e. The van der Waals surface area contributed by atoms with Crippen LogP contribution in [0.5, 0.6) is 0 Å². The van der Waals surface area contributed by atoms with Gasteiger partial charge in [0.2, 0.25) is 5.28 Å². The first-order chi connectivity index (χ1) is 15.3. The zero-order valence-electron chi connectivity index (χ0n) is 22.1. The SMILES string of the molecule is C=CCCCCCCCCC=CCCCCCCCCCCC(CC)(P(=O)=O)[N+](C)(C)C. The Morgan fingerprint density at radius 3 is 1.38 bits per heavy atom. The number of rotatable bonds is 23. The standard InChI is InChI=1S/C28H55NO2P/c1-6-8-9-10-11-12-13-14-15-16-17-18-19-20-21-22-23-24-25-26-27-28(7-2,32(30)31)29(3,4)5/h6,16-17H,1,7-15,18-27H2,2-5H3/q+1. The van der Waals surface area contributed by atoms with Gasteiger partial charge in [-0.15, -0.1) is 6.58 Å². The van der Waals surface area contributed by atoms with Gasteiger partial charge >= 0.3 is 7.68 Å². The minimum Gasteiger partial charge on any atom is -0.314 e. The van der Waals surface area contributed by atoms with Crippen LogP contribution < -0.4 is 0 Å². The Hall–Kier alpha value is -0.660. The van der Waals surface area contributed by atoms with Crippen molar-refractivity contribution < 1.29 is 13.6 Å². The first kappa shape index (κ1) is 31.3. The third-order valence-electron chi connectivity index (χ3n) is 7.05. The van der Waals surface area contributed by atoms with E-state index in [1.807, 2.05) is 34.1 Å². The van der Waals surface area contributed by atoms with Crippen LogP contribution in [-0.2, 0) is 9.13 Å². The highest BCUT2D eigenvalue weighted by atomic mass is 31.1. The normalized spacial score (nSPS) is 14.0. The number of nitrogens with zero attached hydrogens (tertiary/aromatic N) is 1. The molecular formula is C28H55NO2P+. The number of hydrogen-bond donors (Lipinski definition) is 0. The van der Waals surface area contributed by atoms with E-state index in [-0.39, 0.29) is 0 Å². The molecule has 0 spiro atoms. The minimum absolute atomic E-state index is 0.507. The van der Waals surface area contributed by atoms with Crippen LogP contribution in [0.25, 0.3) is 0 Å². The molecule has 1 unspecified atom stereocenters. The summed E-state index contributed by atoms with van der Waals surface area (Å²) in [6, 6.07) is 0. The fraction of sp³-hybridized carbons (Fsp3) is 0.857. The maximum atomic E-state index is 11.9. The van der Waals surface area contributed by atoms with E-state index in [9.17, 15) is 9.13 Å². The second-order valence-corrected chi connectivity index (χ2v) is 11.8. The Bertz CT molecular complexity index is 540. The van der Waals surface area contributed by atoms with E-state index in [0.29, 0.717) is 10.9 Å². The average molecular weight is 469 g/mol. The van der Waals surface area contributed by atoms with Gasteiger partial charge in [-0.2, -0.15) is 0 Å². The van der Waals surface area contributed by atoms with Gasteiger partial charge in [0.05, 0.1) is 21.1 Å². The van der Waals surface area contributed by atoms with Crippen molar-refractivity contribution in [1.29, 1.82) is 0 Å². The topological polar surface area (TPSA) is 34.1 Å². The first-order valence-corrected chi connectivity index (χ1v) is 14.7. The van der Waals surface area contributed by atoms with Gasteiger partial charge in [0.15, 0.2) is 0 Å². The molecule has 0 aliphatic rings. The molecule has 0 saturated carbocycles. The lowest BCUT2D eigenvalue weighted by atomic mass is 10.0. The van der Waals surface area contributed by atoms with Gasteiger partial charge in [-0.1, -0.05) is 89.4 Å². The molecule has 0 bridgehead atoms. The van der Waals surface area contributed by atoms with Crippen molar-refractivity contribution in [2.24, 2.45) is 0 Å². The molecular weight excluding hydrogens is 413 g/mol. The van der Waals surface area contributed by atoms with Crippen LogP contribution in [0.15, 0.2) is 24.8 Å². The highest BCUT2D eigenvalue weighted by Crippen LogP contribution is 2.43. The Morgan fingerprint density at radius 1 is 0.656 bits per heavy atom. The quantitative estimate of drug-likeness (QED) is 0.0647. The number of unbranched alkanes of at least 4 members (excludes halogenated alkanes) is 15. The molecule has 32 heavy (non-hydrogen) atoms. The summed E-state index contributed by atoms with van der Waals surface area (Å²) in [7, 11) is 3.62. The maximum Gasteiger partial charge on any atom is 0.378 e. The fourth-order valence-corrected chi connectivity index (χ4v) is 5.77. The van der Waals surface area contributed by atoms with Crippen LogP contribution in [0.1, 0.15) is 129 Å². The Labute approximate surface area is 201 Å². The third kappa shape index (κ3) is 14.5. The Morgan fingerprint density at radius 2 is 1.03 bits per heavy atom. The van der Waals surface area contributed by atoms with Gasteiger partial charge in [-0.3, -0.25) is 0 Å². The van der Waals surface area contributed by atoms with E-state index in [2.05, 4.69) is 18.7 Å². The molecule has 3 nitrogen and oxygen atoms in total. The third-order valence-corrected chi connectivity index (χ3v) is 8.87. The van der Waals surface area contributed by atoms with Crippen LogP contribution in [0.3, 0.4) is 0 Å². The minimum atomic E-state index is -2.42. The van der Waals surface area contributed by atoms with E-state index in [4.69, 9.17) is 0 Å². The lowest BCUT2D eigenvalue weighted by Gasteiger charge is -2.40. The van der Waals surface area contributed by atoms with E-state index >= 15 is 0 Å². The predicted molar refractivity (Wildman–Crippen MR) is 142 cm³/mol. The number of quaternary nitrogens is 1. The molecule has 0 fully saturated rings. The summed E-state index contributed by atoms with van der Waals surface area (Å²) in [5.41, 5.74) is 0. The molecule has 0 aliphatic heterocycles. The Balaban J connectivity index is 3.54. The van der Waals surface area contributed by atoms with Gasteiger partial charge in [-0.25, -0.2) is 9.13 Å². The number of hydrogen-bond acceptors (Lipinski definition) is 2. The molecule has 0 heterocycles. The van der Waals surface area contributed by atoms with Gasteiger partial charge < -0.3 is 4.48 Å². The summed E-state index contributed by atoms with van der Waals surface area (Å²) in [5, 5.41) is -0.603. The van der Waals surface area contributed by atoms with E-state index < -0.39 is 13.0 Å². The Kier molecular flexibility index (Phi) is 19.4. The van der Waals surface area contributed by atoms with E-state index in [1.54, 1.807) is 0 Å². The van der Waals surface area contributed by atoms with Crippen LogP contribution in [0.2, 0.25) is 0 Å². The molecule has 0 rings (SSSR count). The maximum absolute atomic E-state index is 11.9. The summed E-state index contributed by atoms with van der Waals surface area (Å²) in [6.45, 7) is 5.79. The summed E-state index contributed by atoms with van der Waals surface area (Å²) >= 11 is 0. The second kappa shape index (κ2) is 19.8. The molecule has 188 valence electrons. The highest BCUT2D eigenvalue weighted by molar-refractivity contribution is 7.32. The van der Waals surface area contributed by atoms with Crippen molar-refractivity contribution >= 4 is 7.68 Å². The van der Waals surface area contributed by atoms with Crippen molar-refractivity contribution in [1.82, 2.24) is 0 Å². The average Bonchev–Trinajstić information content (AvgIpc) is 2.74. The van der Waals surface area contributed by atoms with Crippen molar-refractivity contribution in [2.75, 3.05) is 21.1 Å². The largest absolute Gasteiger partial charge is 0.378 e. The van der Waals surface area contributed by atoms with Crippen molar-refractivity contribution in [2.45, 2.75) is 134 Å². The molecule has 4 heteroatoms. The summed E-state index contributed by atoms with van der Waals surface area (Å²) in [6.07, 6.45) is 30.1. The molecule has 0 aromatic rings. The monoisotopic (exact) mass is 468 g/mol. The summed E-state index contributed by atoms with van der Waals surface area (Å²) in [4.78, 5) is 0. The van der Waals surface area contributed by atoms with Crippen molar-refractivity contribution in [3.05, 3.63) is 24.8 Å². The second-order valence-electron chi connectivity index (χ2n) is 10.4.